The Morgan fingerprint density at radius 2 is 2.47 bits per heavy atom. The molecule has 1 aliphatic rings. The summed E-state index contributed by atoms with van der Waals surface area (Å²) >= 11 is 1.47. The summed E-state index contributed by atoms with van der Waals surface area (Å²) in [5.41, 5.74) is 2.53. The SMILES string of the molecule is CN(Cc1cscn1)C(=O)N1CCOC(C(=O)O)C1. The molecule has 0 bridgehead atoms. The predicted molar refractivity (Wildman–Crippen MR) is 67.9 cm³/mol. The van der Waals surface area contributed by atoms with Crippen molar-refractivity contribution < 1.29 is 19.4 Å². The van der Waals surface area contributed by atoms with Crippen molar-refractivity contribution in [2.45, 2.75) is 12.6 Å². The van der Waals surface area contributed by atoms with E-state index in [9.17, 15) is 9.59 Å². The topological polar surface area (TPSA) is 83.0 Å². The molecule has 2 amide bonds. The van der Waals surface area contributed by atoms with Gasteiger partial charge in [0.25, 0.3) is 0 Å². The Kier molecular flexibility index (Phi) is 4.33. The summed E-state index contributed by atoms with van der Waals surface area (Å²) in [7, 11) is 1.67. The molecule has 0 aliphatic carbocycles. The lowest BCUT2D eigenvalue weighted by molar-refractivity contribution is -0.154. The van der Waals surface area contributed by atoms with Crippen LogP contribution in [0.5, 0.6) is 0 Å². The number of ether oxygens (including phenoxy) is 1. The van der Waals surface area contributed by atoms with Gasteiger partial charge in [0, 0.05) is 19.0 Å². The molecule has 1 aliphatic heterocycles. The predicted octanol–water partition coefficient (Wildman–Crippen LogP) is 0.480. The van der Waals surface area contributed by atoms with Crippen LogP contribution in [0.3, 0.4) is 0 Å². The average Bonchev–Trinajstić information content (AvgIpc) is 2.90. The fourth-order valence-electron chi connectivity index (χ4n) is 1.84. The number of urea groups is 1. The van der Waals surface area contributed by atoms with Crippen molar-refractivity contribution in [3.05, 3.63) is 16.6 Å². The smallest absolute Gasteiger partial charge is 0.334 e. The second-order valence-corrected chi connectivity index (χ2v) is 4.98. The molecular weight excluding hydrogens is 270 g/mol. The highest BCUT2D eigenvalue weighted by Gasteiger charge is 2.30. The maximum Gasteiger partial charge on any atom is 0.334 e. The van der Waals surface area contributed by atoms with Gasteiger partial charge in [0.15, 0.2) is 6.10 Å². The minimum absolute atomic E-state index is 0.0789. The highest BCUT2D eigenvalue weighted by atomic mass is 32.1. The van der Waals surface area contributed by atoms with E-state index in [-0.39, 0.29) is 19.2 Å². The molecule has 1 atom stereocenters. The van der Waals surface area contributed by atoms with Gasteiger partial charge in [0.2, 0.25) is 0 Å². The van der Waals surface area contributed by atoms with Gasteiger partial charge < -0.3 is 19.6 Å². The van der Waals surface area contributed by atoms with Gasteiger partial charge in [-0.25, -0.2) is 14.6 Å². The van der Waals surface area contributed by atoms with Crippen LogP contribution in [0.15, 0.2) is 10.9 Å². The number of rotatable bonds is 3. The molecular formula is C11H15N3O4S. The highest BCUT2D eigenvalue weighted by Crippen LogP contribution is 2.10. The maximum atomic E-state index is 12.2. The van der Waals surface area contributed by atoms with Crippen molar-refractivity contribution in [1.29, 1.82) is 0 Å². The lowest BCUT2D eigenvalue weighted by Gasteiger charge is -2.33. The molecule has 19 heavy (non-hydrogen) atoms. The number of thiazole rings is 1. The molecule has 1 aromatic heterocycles. The highest BCUT2D eigenvalue weighted by molar-refractivity contribution is 7.07. The average molecular weight is 285 g/mol. The summed E-state index contributed by atoms with van der Waals surface area (Å²) in [6.07, 6.45) is -0.939. The first-order valence-electron chi connectivity index (χ1n) is 5.79. The molecule has 0 saturated carbocycles. The third-order valence-corrected chi connectivity index (χ3v) is 3.46. The second-order valence-electron chi connectivity index (χ2n) is 4.26. The minimum atomic E-state index is -1.04. The molecule has 1 saturated heterocycles. The van der Waals surface area contributed by atoms with E-state index in [2.05, 4.69) is 4.98 Å². The first-order chi connectivity index (χ1) is 9.08. The molecule has 0 radical (unpaired) electrons. The largest absolute Gasteiger partial charge is 0.479 e. The number of aromatic nitrogens is 1. The van der Waals surface area contributed by atoms with Gasteiger partial charge in [-0.05, 0) is 0 Å². The molecule has 7 nitrogen and oxygen atoms in total. The first-order valence-corrected chi connectivity index (χ1v) is 6.73. The summed E-state index contributed by atoms with van der Waals surface area (Å²) in [5, 5.41) is 10.8. The van der Waals surface area contributed by atoms with Crippen molar-refractivity contribution >= 4 is 23.3 Å². The second kappa shape index (κ2) is 5.98. The van der Waals surface area contributed by atoms with Crippen LogP contribution in [0.1, 0.15) is 5.69 Å². The van der Waals surface area contributed by atoms with Crippen LogP contribution in [-0.4, -0.2) is 64.7 Å². The number of carbonyl (C=O) groups is 2. The summed E-state index contributed by atoms with van der Waals surface area (Å²) < 4.78 is 5.08. The number of aliphatic carboxylic acids is 1. The molecule has 2 rings (SSSR count). The summed E-state index contributed by atoms with van der Waals surface area (Å²) in [4.78, 5) is 30.2. The monoisotopic (exact) mass is 285 g/mol. The van der Waals surface area contributed by atoms with Crippen LogP contribution in [-0.2, 0) is 16.1 Å². The Balaban J connectivity index is 1.93. The van der Waals surface area contributed by atoms with Crippen LogP contribution < -0.4 is 0 Å². The Labute approximate surface area is 114 Å². The molecule has 1 unspecified atom stereocenters. The zero-order valence-corrected chi connectivity index (χ0v) is 11.3. The number of amides is 2. The Hall–Kier alpha value is -1.67. The summed E-state index contributed by atoms with van der Waals surface area (Å²) in [6.45, 7) is 1.14. The van der Waals surface area contributed by atoms with E-state index in [1.165, 1.54) is 21.1 Å². The van der Waals surface area contributed by atoms with E-state index < -0.39 is 12.1 Å². The zero-order chi connectivity index (χ0) is 13.8. The quantitative estimate of drug-likeness (QED) is 0.873. The van der Waals surface area contributed by atoms with Gasteiger partial charge in [-0.3, -0.25) is 0 Å². The third-order valence-electron chi connectivity index (χ3n) is 2.82. The van der Waals surface area contributed by atoms with Gasteiger partial charge in [-0.15, -0.1) is 11.3 Å². The van der Waals surface area contributed by atoms with Gasteiger partial charge in [0.05, 0.1) is 30.9 Å². The fraction of sp³-hybridized carbons (Fsp3) is 0.545. The van der Waals surface area contributed by atoms with Crippen LogP contribution in [0.2, 0.25) is 0 Å². The number of nitrogens with zero attached hydrogens (tertiary/aromatic N) is 3. The van der Waals surface area contributed by atoms with E-state index in [4.69, 9.17) is 9.84 Å². The van der Waals surface area contributed by atoms with Crippen molar-refractivity contribution in [2.75, 3.05) is 26.7 Å². The lowest BCUT2D eigenvalue weighted by Crippen LogP contribution is -2.51. The lowest BCUT2D eigenvalue weighted by atomic mass is 10.3. The summed E-state index contributed by atoms with van der Waals surface area (Å²) in [5.74, 6) is -1.04. The van der Waals surface area contributed by atoms with Crippen molar-refractivity contribution in [3.63, 3.8) is 0 Å². The van der Waals surface area contributed by atoms with E-state index in [1.807, 2.05) is 5.38 Å². The first kappa shape index (κ1) is 13.8. The zero-order valence-electron chi connectivity index (χ0n) is 10.5. The van der Waals surface area contributed by atoms with Gasteiger partial charge in [-0.1, -0.05) is 0 Å². The number of carboxylic acids is 1. The number of hydrogen-bond acceptors (Lipinski definition) is 5. The molecule has 2 heterocycles. The van der Waals surface area contributed by atoms with E-state index in [1.54, 1.807) is 12.6 Å². The fourth-order valence-corrected chi connectivity index (χ4v) is 2.39. The molecule has 0 aromatic carbocycles. The molecule has 1 N–H and O–H groups in total. The van der Waals surface area contributed by atoms with Crippen molar-refractivity contribution in [3.8, 4) is 0 Å². The van der Waals surface area contributed by atoms with Gasteiger partial charge in [-0.2, -0.15) is 0 Å². The standard InChI is InChI=1S/C11H15N3O4S/c1-13(4-8-6-19-7-12-8)11(17)14-2-3-18-9(5-14)10(15)16/h6-7,9H,2-5H2,1H3,(H,15,16). The Morgan fingerprint density at radius 3 is 3.11 bits per heavy atom. The van der Waals surface area contributed by atoms with Crippen LogP contribution in [0.4, 0.5) is 4.79 Å². The normalized spacial score (nSPS) is 19.2. The number of carbonyl (C=O) groups excluding carboxylic acids is 1. The van der Waals surface area contributed by atoms with E-state index in [0.717, 1.165) is 5.69 Å². The Morgan fingerprint density at radius 1 is 1.68 bits per heavy atom. The number of carboxylic acid groups (broad SMARTS) is 1. The minimum Gasteiger partial charge on any atom is -0.479 e. The van der Waals surface area contributed by atoms with E-state index in [0.29, 0.717) is 13.1 Å². The van der Waals surface area contributed by atoms with Crippen molar-refractivity contribution in [2.24, 2.45) is 0 Å². The third kappa shape index (κ3) is 3.42. The van der Waals surface area contributed by atoms with Crippen LogP contribution in [0, 0.1) is 0 Å². The van der Waals surface area contributed by atoms with E-state index >= 15 is 0 Å². The molecule has 0 spiro atoms. The summed E-state index contributed by atoms with van der Waals surface area (Å²) in [6, 6.07) is -0.206. The molecule has 1 aromatic rings. The molecule has 104 valence electrons. The van der Waals surface area contributed by atoms with Crippen LogP contribution >= 0.6 is 11.3 Å². The molecule has 1 fully saturated rings. The van der Waals surface area contributed by atoms with Crippen molar-refractivity contribution in [1.82, 2.24) is 14.8 Å². The van der Waals surface area contributed by atoms with Crippen LogP contribution in [0.25, 0.3) is 0 Å². The molecule has 8 heteroatoms. The Bertz CT molecular complexity index is 451. The van der Waals surface area contributed by atoms with Gasteiger partial charge >= 0.3 is 12.0 Å². The number of morpholine rings is 1. The maximum absolute atomic E-state index is 12.2. The number of hydrogen-bond donors (Lipinski definition) is 1. The van der Waals surface area contributed by atoms with Gasteiger partial charge in [0.1, 0.15) is 0 Å².